The van der Waals surface area contributed by atoms with Crippen LogP contribution in [0.5, 0.6) is 0 Å². The summed E-state index contributed by atoms with van der Waals surface area (Å²) >= 11 is 0. The Balaban J connectivity index is 1.99. The largest absolute Gasteiger partial charge is 0.401 e. The number of carbonyl (C=O) groups is 1. The van der Waals surface area contributed by atoms with Crippen molar-refractivity contribution in [2.75, 3.05) is 19.6 Å². The number of aryl methyl sites for hydroxylation is 1. The highest BCUT2D eigenvalue weighted by atomic mass is 19.4. The molecule has 1 aliphatic heterocycles. The Bertz CT molecular complexity index is 527. The molecule has 1 aromatic heterocycles. The van der Waals surface area contributed by atoms with E-state index in [0.29, 0.717) is 38.0 Å². The number of nitrogens with one attached hydrogen (secondary N) is 1. The molecule has 1 saturated heterocycles. The molecule has 1 atom stereocenters. The van der Waals surface area contributed by atoms with Gasteiger partial charge in [-0.2, -0.15) is 18.3 Å². The maximum atomic E-state index is 12.5. The fourth-order valence-corrected chi connectivity index (χ4v) is 2.73. The van der Waals surface area contributed by atoms with Crippen LogP contribution in [0.15, 0.2) is 6.20 Å². The Labute approximate surface area is 127 Å². The minimum atomic E-state index is -4.23. The van der Waals surface area contributed by atoms with E-state index in [1.807, 2.05) is 13.8 Å². The Hall–Kier alpha value is -1.57. The average Bonchev–Trinajstić information content (AvgIpc) is 2.85. The molecule has 0 spiro atoms. The molecule has 0 radical (unpaired) electrons. The quantitative estimate of drug-likeness (QED) is 0.923. The van der Waals surface area contributed by atoms with Gasteiger partial charge < -0.3 is 10.2 Å². The van der Waals surface area contributed by atoms with Crippen molar-refractivity contribution in [1.29, 1.82) is 0 Å². The van der Waals surface area contributed by atoms with Crippen LogP contribution in [-0.4, -0.2) is 52.4 Å². The minimum Gasteiger partial charge on any atom is -0.337 e. The first-order chi connectivity index (χ1) is 10.3. The van der Waals surface area contributed by atoms with E-state index < -0.39 is 12.7 Å². The van der Waals surface area contributed by atoms with Gasteiger partial charge in [0.1, 0.15) is 0 Å². The van der Waals surface area contributed by atoms with E-state index in [-0.39, 0.29) is 11.9 Å². The molecule has 1 aromatic rings. The number of hydrogen-bond acceptors (Lipinski definition) is 3. The van der Waals surface area contributed by atoms with E-state index in [1.165, 1.54) is 6.20 Å². The van der Waals surface area contributed by atoms with Crippen LogP contribution in [0, 0.1) is 6.92 Å². The normalized spacial score (nSPS) is 19.5. The van der Waals surface area contributed by atoms with Crippen molar-refractivity contribution >= 4 is 5.91 Å². The van der Waals surface area contributed by atoms with Gasteiger partial charge in [0.15, 0.2) is 0 Å². The molecule has 1 fully saturated rings. The van der Waals surface area contributed by atoms with E-state index in [2.05, 4.69) is 10.4 Å². The second kappa shape index (κ2) is 6.68. The summed E-state index contributed by atoms with van der Waals surface area (Å²) in [4.78, 5) is 14.1. The Kier molecular flexibility index (Phi) is 5.10. The number of piperidine rings is 1. The van der Waals surface area contributed by atoms with Crippen molar-refractivity contribution in [2.45, 2.75) is 45.5 Å². The molecular weight excluding hydrogens is 297 g/mol. The van der Waals surface area contributed by atoms with Gasteiger partial charge in [-0.05, 0) is 26.7 Å². The first-order valence-corrected chi connectivity index (χ1v) is 7.43. The highest BCUT2D eigenvalue weighted by Crippen LogP contribution is 2.18. The smallest absolute Gasteiger partial charge is 0.337 e. The molecule has 124 valence electrons. The van der Waals surface area contributed by atoms with Crippen LogP contribution in [0.4, 0.5) is 13.2 Å². The maximum Gasteiger partial charge on any atom is 0.401 e. The summed E-state index contributed by atoms with van der Waals surface area (Å²) in [7, 11) is 0. The summed E-state index contributed by atoms with van der Waals surface area (Å²) in [5, 5.41) is 6.63. The lowest BCUT2D eigenvalue weighted by atomic mass is 10.0. The van der Waals surface area contributed by atoms with Crippen molar-refractivity contribution in [3.8, 4) is 0 Å². The van der Waals surface area contributed by atoms with Crippen LogP contribution in [0.1, 0.15) is 35.8 Å². The van der Waals surface area contributed by atoms with Crippen molar-refractivity contribution in [1.82, 2.24) is 20.0 Å². The first kappa shape index (κ1) is 16.8. The van der Waals surface area contributed by atoms with Gasteiger partial charge in [0.05, 0.1) is 18.3 Å². The lowest BCUT2D eigenvalue weighted by molar-refractivity contribution is -0.126. The van der Waals surface area contributed by atoms with Crippen LogP contribution in [0.3, 0.4) is 0 Å². The number of carbonyl (C=O) groups excluding carboxylic acids is 1. The molecule has 2 rings (SSSR count). The average molecular weight is 318 g/mol. The summed E-state index contributed by atoms with van der Waals surface area (Å²) < 4.78 is 38.5. The SMILES string of the molecule is CCn1ncc(C(=O)N2CCCC(NCC(F)(F)F)C2)c1C. The number of nitrogens with zero attached hydrogens (tertiary/aromatic N) is 3. The molecule has 5 nitrogen and oxygen atoms in total. The molecule has 8 heteroatoms. The van der Waals surface area contributed by atoms with Gasteiger partial charge in [-0.1, -0.05) is 0 Å². The molecule has 0 bridgehead atoms. The number of amides is 1. The minimum absolute atomic E-state index is 0.157. The van der Waals surface area contributed by atoms with Crippen LogP contribution in [0.25, 0.3) is 0 Å². The molecule has 0 aromatic carbocycles. The van der Waals surface area contributed by atoms with Gasteiger partial charge in [0, 0.05) is 31.4 Å². The summed E-state index contributed by atoms with van der Waals surface area (Å²) in [6.45, 7) is 4.28. The van der Waals surface area contributed by atoms with Gasteiger partial charge >= 0.3 is 6.18 Å². The molecule has 2 heterocycles. The second-order valence-corrected chi connectivity index (χ2v) is 5.55. The monoisotopic (exact) mass is 318 g/mol. The number of rotatable bonds is 4. The van der Waals surface area contributed by atoms with Gasteiger partial charge in [0.2, 0.25) is 0 Å². The second-order valence-electron chi connectivity index (χ2n) is 5.55. The topological polar surface area (TPSA) is 50.2 Å². The van der Waals surface area contributed by atoms with E-state index in [9.17, 15) is 18.0 Å². The summed E-state index contributed by atoms with van der Waals surface area (Å²) in [5.41, 5.74) is 1.32. The standard InChI is InChI=1S/C14H21F3N4O/c1-3-21-10(2)12(7-19-21)13(22)20-6-4-5-11(8-20)18-9-14(15,16)17/h7,11,18H,3-6,8-9H2,1-2H3. The lowest BCUT2D eigenvalue weighted by Gasteiger charge is -2.33. The van der Waals surface area contributed by atoms with E-state index in [0.717, 1.165) is 5.69 Å². The highest BCUT2D eigenvalue weighted by molar-refractivity contribution is 5.95. The predicted octanol–water partition coefficient (Wildman–Crippen LogP) is 1.97. The van der Waals surface area contributed by atoms with Crippen LogP contribution in [-0.2, 0) is 6.54 Å². The fourth-order valence-electron chi connectivity index (χ4n) is 2.73. The number of hydrogen-bond donors (Lipinski definition) is 1. The molecule has 1 unspecified atom stereocenters. The molecule has 1 N–H and O–H groups in total. The third-order valence-corrected chi connectivity index (χ3v) is 3.93. The molecular formula is C14H21F3N4O. The molecule has 1 amide bonds. The first-order valence-electron chi connectivity index (χ1n) is 7.43. The number of likely N-dealkylation sites (tertiary alicyclic amines) is 1. The molecule has 22 heavy (non-hydrogen) atoms. The third kappa shape index (κ3) is 4.00. The third-order valence-electron chi connectivity index (χ3n) is 3.93. The number of alkyl halides is 3. The lowest BCUT2D eigenvalue weighted by Crippen LogP contribution is -2.50. The van der Waals surface area contributed by atoms with Crippen molar-refractivity contribution in [3.63, 3.8) is 0 Å². The van der Waals surface area contributed by atoms with Gasteiger partial charge in [-0.15, -0.1) is 0 Å². The van der Waals surface area contributed by atoms with Crippen LogP contribution < -0.4 is 5.32 Å². The van der Waals surface area contributed by atoms with Crippen molar-refractivity contribution < 1.29 is 18.0 Å². The summed E-state index contributed by atoms with van der Waals surface area (Å²) in [5.74, 6) is -0.157. The zero-order valence-electron chi connectivity index (χ0n) is 12.8. The van der Waals surface area contributed by atoms with E-state index >= 15 is 0 Å². The van der Waals surface area contributed by atoms with Gasteiger partial charge in [0.25, 0.3) is 5.91 Å². The Morgan fingerprint density at radius 2 is 2.23 bits per heavy atom. The molecule has 0 aliphatic carbocycles. The maximum absolute atomic E-state index is 12.5. The van der Waals surface area contributed by atoms with Crippen molar-refractivity contribution in [3.05, 3.63) is 17.5 Å². The Morgan fingerprint density at radius 3 is 2.82 bits per heavy atom. The molecule has 1 aliphatic rings. The van der Waals surface area contributed by atoms with E-state index in [1.54, 1.807) is 9.58 Å². The van der Waals surface area contributed by atoms with Crippen LogP contribution in [0.2, 0.25) is 0 Å². The highest BCUT2D eigenvalue weighted by Gasteiger charge is 2.31. The number of aromatic nitrogens is 2. The molecule has 0 saturated carbocycles. The fraction of sp³-hybridized carbons (Fsp3) is 0.714. The van der Waals surface area contributed by atoms with Crippen LogP contribution >= 0.6 is 0 Å². The van der Waals surface area contributed by atoms with Gasteiger partial charge in [-0.25, -0.2) is 0 Å². The summed E-state index contributed by atoms with van der Waals surface area (Å²) in [6, 6.07) is -0.319. The number of halogens is 3. The van der Waals surface area contributed by atoms with Gasteiger partial charge in [-0.3, -0.25) is 9.48 Å². The zero-order chi connectivity index (χ0) is 16.3. The summed E-state index contributed by atoms with van der Waals surface area (Å²) in [6.07, 6.45) is -1.35. The van der Waals surface area contributed by atoms with Crippen molar-refractivity contribution in [2.24, 2.45) is 0 Å². The Morgan fingerprint density at radius 1 is 1.50 bits per heavy atom. The predicted molar refractivity (Wildman–Crippen MR) is 75.6 cm³/mol. The zero-order valence-corrected chi connectivity index (χ0v) is 12.8. The van der Waals surface area contributed by atoms with E-state index in [4.69, 9.17) is 0 Å².